The Morgan fingerprint density at radius 3 is 2.43 bits per heavy atom. The van der Waals surface area contributed by atoms with Gasteiger partial charge in [0.15, 0.2) is 0 Å². The van der Waals surface area contributed by atoms with E-state index in [1.165, 1.54) is 0 Å². The van der Waals surface area contributed by atoms with Crippen molar-refractivity contribution in [2.75, 3.05) is 26.2 Å². The fourth-order valence-electron chi connectivity index (χ4n) is 1.66. The minimum Gasteiger partial charge on any atom is -0.492 e. The van der Waals surface area contributed by atoms with E-state index in [1.807, 2.05) is 30.3 Å². The number of para-hydroxylation sites is 1. The van der Waals surface area contributed by atoms with Gasteiger partial charge in [-0.05, 0) is 32.9 Å². The molecular formula is C16H25N3O4. The molecule has 0 aromatic heterocycles. The highest BCUT2D eigenvalue weighted by Crippen LogP contribution is 2.10. The summed E-state index contributed by atoms with van der Waals surface area (Å²) in [6.07, 6.45) is -0.718. The van der Waals surface area contributed by atoms with E-state index in [2.05, 4.69) is 5.32 Å². The molecule has 1 rings (SSSR count). The molecule has 7 nitrogen and oxygen atoms in total. The van der Waals surface area contributed by atoms with Gasteiger partial charge in [-0.15, -0.1) is 0 Å². The third-order valence-electron chi connectivity index (χ3n) is 2.60. The Hall–Kier alpha value is -2.28. The van der Waals surface area contributed by atoms with Gasteiger partial charge in [0, 0.05) is 13.1 Å². The maximum absolute atomic E-state index is 12.1. The number of urea groups is 1. The van der Waals surface area contributed by atoms with E-state index in [-0.39, 0.29) is 19.6 Å². The molecule has 0 aliphatic heterocycles. The average molecular weight is 323 g/mol. The Balaban J connectivity index is 2.43. The number of nitrogens with one attached hydrogen (secondary N) is 1. The maximum Gasteiger partial charge on any atom is 0.418 e. The predicted molar refractivity (Wildman–Crippen MR) is 87.3 cm³/mol. The van der Waals surface area contributed by atoms with E-state index in [0.29, 0.717) is 12.4 Å². The monoisotopic (exact) mass is 323 g/mol. The van der Waals surface area contributed by atoms with Crippen molar-refractivity contribution in [3.63, 3.8) is 0 Å². The Morgan fingerprint density at radius 1 is 1.22 bits per heavy atom. The summed E-state index contributed by atoms with van der Waals surface area (Å²) in [5, 5.41) is 2.61. The molecule has 3 amide bonds. The van der Waals surface area contributed by atoms with Crippen LogP contribution in [-0.2, 0) is 4.74 Å². The van der Waals surface area contributed by atoms with E-state index in [9.17, 15) is 9.59 Å². The topological polar surface area (TPSA) is 93.9 Å². The molecule has 1 aromatic carbocycles. The highest BCUT2D eigenvalue weighted by Gasteiger charge is 2.26. The second-order valence-corrected chi connectivity index (χ2v) is 5.81. The lowest BCUT2D eigenvalue weighted by atomic mass is 10.2. The zero-order chi connectivity index (χ0) is 17.3. The quantitative estimate of drug-likeness (QED) is 0.781. The molecule has 0 fully saturated rings. The number of ether oxygens (including phenoxy) is 2. The Bertz CT molecular complexity index is 500. The van der Waals surface area contributed by atoms with Gasteiger partial charge in [0.1, 0.15) is 18.0 Å². The summed E-state index contributed by atoms with van der Waals surface area (Å²) in [5.41, 5.74) is 4.77. The van der Waals surface area contributed by atoms with Crippen LogP contribution in [0, 0.1) is 0 Å². The predicted octanol–water partition coefficient (Wildman–Crippen LogP) is 1.97. The molecule has 0 aliphatic carbocycles. The summed E-state index contributed by atoms with van der Waals surface area (Å²) < 4.78 is 10.7. The lowest BCUT2D eigenvalue weighted by Crippen LogP contribution is -2.48. The number of carbonyl (C=O) groups excluding carboxylic acids is 2. The van der Waals surface area contributed by atoms with E-state index in [4.69, 9.17) is 15.2 Å². The van der Waals surface area contributed by atoms with Crippen LogP contribution in [0.3, 0.4) is 0 Å². The van der Waals surface area contributed by atoms with Crippen molar-refractivity contribution in [1.82, 2.24) is 10.2 Å². The SMILES string of the molecule is CC(C)(C)OC(=O)N(CCN)C(=O)NCCOc1ccccc1. The molecule has 0 heterocycles. The van der Waals surface area contributed by atoms with Gasteiger partial charge in [-0.2, -0.15) is 0 Å². The van der Waals surface area contributed by atoms with Crippen LogP contribution in [0.4, 0.5) is 9.59 Å². The van der Waals surface area contributed by atoms with E-state index in [0.717, 1.165) is 4.90 Å². The van der Waals surface area contributed by atoms with E-state index in [1.54, 1.807) is 20.8 Å². The molecule has 0 radical (unpaired) electrons. The van der Waals surface area contributed by atoms with Crippen LogP contribution < -0.4 is 15.8 Å². The largest absolute Gasteiger partial charge is 0.492 e. The maximum atomic E-state index is 12.1. The van der Waals surface area contributed by atoms with Gasteiger partial charge in [-0.1, -0.05) is 18.2 Å². The van der Waals surface area contributed by atoms with Crippen LogP contribution in [-0.4, -0.2) is 48.9 Å². The van der Waals surface area contributed by atoms with Crippen LogP contribution in [0.2, 0.25) is 0 Å². The Kier molecular flexibility index (Phi) is 7.34. The Morgan fingerprint density at radius 2 is 1.87 bits per heavy atom. The third-order valence-corrected chi connectivity index (χ3v) is 2.60. The summed E-state index contributed by atoms with van der Waals surface area (Å²) in [7, 11) is 0. The molecule has 0 bridgehead atoms. The molecule has 1 aromatic rings. The fraction of sp³-hybridized carbons (Fsp3) is 0.500. The fourth-order valence-corrected chi connectivity index (χ4v) is 1.66. The van der Waals surface area contributed by atoms with Gasteiger partial charge in [0.05, 0.1) is 6.54 Å². The smallest absolute Gasteiger partial charge is 0.418 e. The van der Waals surface area contributed by atoms with Crippen molar-refractivity contribution >= 4 is 12.1 Å². The van der Waals surface area contributed by atoms with Crippen molar-refractivity contribution in [1.29, 1.82) is 0 Å². The number of nitrogens with two attached hydrogens (primary N) is 1. The van der Waals surface area contributed by atoms with Gasteiger partial charge in [0.25, 0.3) is 0 Å². The number of hydrogen-bond acceptors (Lipinski definition) is 5. The molecule has 0 atom stereocenters. The zero-order valence-electron chi connectivity index (χ0n) is 13.9. The first-order valence-electron chi connectivity index (χ1n) is 7.50. The van der Waals surface area contributed by atoms with Crippen LogP contribution in [0.1, 0.15) is 20.8 Å². The number of carbonyl (C=O) groups is 2. The summed E-state index contributed by atoms with van der Waals surface area (Å²) in [6.45, 7) is 6.00. The minimum atomic E-state index is -0.718. The Labute approximate surface area is 136 Å². The summed E-state index contributed by atoms with van der Waals surface area (Å²) in [6, 6.07) is 8.70. The third kappa shape index (κ3) is 7.51. The molecule has 0 unspecified atom stereocenters. The average Bonchev–Trinajstić information content (AvgIpc) is 2.48. The number of rotatable bonds is 6. The normalized spacial score (nSPS) is 10.8. The molecule has 7 heteroatoms. The molecule has 0 saturated carbocycles. The number of hydrogen-bond donors (Lipinski definition) is 2. The number of imide groups is 1. The second-order valence-electron chi connectivity index (χ2n) is 5.81. The van der Waals surface area contributed by atoms with Gasteiger partial charge in [0.2, 0.25) is 0 Å². The molecule has 23 heavy (non-hydrogen) atoms. The summed E-state index contributed by atoms with van der Waals surface area (Å²) in [4.78, 5) is 25.0. The van der Waals surface area contributed by atoms with Crippen LogP contribution in [0.15, 0.2) is 30.3 Å². The minimum absolute atomic E-state index is 0.0836. The molecule has 128 valence electrons. The van der Waals surface area contributed by atoms with E-state index < -0.39 is 17.7 Å². The van der Waals surface area contributed by atoms with Gasteiger partial charge < -0.3 is 20.5 Å². The molecule has 0 aliphatic rings. The lowest BCUT2D eigenvalue weighted by molar-refractivity contribution is 0.0325. The number of nitrogens with zero attached hydrogens (tertiary/aromatic N) is 1. The first-order chi connectivity index (χ1) is 10.8. The van der Waals surface area contributed by atoms with E-state index >= 15 is 0 Å². The first-order valence-corrected chi connectivity index (χ1v) is 7.50. The summed E-state index contributed by atoms with van der Waals surface area (Å²) in [5.74, 6) is 0.715. The van der Waals surface area contributed by atoms with Gasteiger partial charge in [-0.25, -0.2) is 14.5 Å². The number of amides is 3. The highest BCUT2D eigenvalue weighted by molar-refractivity contribution is 5.91. The number of benzene rings is 1. The molecule has 3 N–H and O–H groups in total. The van der Waals surface area contributed by atoms with Crippen molar-refractivity contribution in [3.8, 4) is 5.75 Å². The zero-order valence-corrected chi connectivity index (χ0v) is 13.9. The lowest BCUT2D eigenvalue weighted by Gasteiger charge is -2.26. The van der Waals surface area contributed by atoms with Gasteiger partial charge >= 0.3 is 12.1 Å². The van der Waals surface area contributed by atoms with Crippen molar-refractivity contribution < 1.29 is 19.1 Å². The molecular weight excluding hydrogens is 298 g/mol. The van der Waals surface area contributed by atoms with Crippen LogP contribution >= 0.6 is 0 Å². The van der Waals surface area contributed by atoms with Gasteiger partial charge in [-0.3, -0.25) is 0 Å². The first kappa shape index (κ1) is 18.8. The van der Waals surface area contributed by atoms with Crippen LogP contribution in [0.25, 0.3) is 0 Å². The highest BCUT2D eigenvalue weighted by atomic mass is 16.6. The van der Waals surface area contributed by atoms with Crippen molar-refractivity contribution in [2.45, 2.75) is 26.4 Å². The second kappa shape index (κ2) is 8.99. The van der Waals surface area contributed by atoms with Crippen molar-refractivity contribution in [3.05, 3.63) is 30.3 Å². The van der Waals surface area contributed by atoms with Crippen LogP contribution in [0.5, 0.6) is 5.75 Å². The standard InChI is InChI=1S/C16H25N3O4/c1-16(2,3)23-15(21)19(11-9-17)14(20)18-10-12-22-13-7-5-4-6-8-13/h4-8H,9-12,17H2,1-3H3,(H,18,20). The van der Waals surface area contributed by atoms with Crippen molar-refractivity contribution in [2.24, 2.45) is 5.73 Å². The molecule has 0 saturated heterocycles. The molecule has 0 spiro atoms. The summed E-state index contributed by atoms with van der Waals surface area (Å²) >= 11 is 0.